The molecular formula is C25H32N4+2. The lowest BCUT2D eigenvalue weighted by molar-refractivity contribution is -0.692. The molecule has 1 saturated carbocycles. The number of aromatic amines is 1. The van der Waals surface area contributed by atoms with Gasteiger partial charge in [-0.2, -0.15) is 4.40 Å². The van der Waals surface area contributed by atoms with Crippen LogP contribution in [0.15, 0.2) is 54.7 Å². The number of aromatic nitrogens is 3. The molecule has 0 radical (unpaired) electrons. The van der Waals surface area contributed by atoms with Crippen LogP contribution in [0.1, 0.15) is 44.1 Å². The summed E-state index contributed by atoms with van der Waals surface area (Å²) in [6.45, 7) is 4.40. The molecular weight excluding hydrogens is 356 g/mol. The van der Waals surface area contributed by atoms with E-state index in [-0.39, 0.29) is 0 Å². The SMILES string of the molecule is Cc1ccc(-c2c[n+]3c4ccccc4[nH]c3n2CCC[NH2+]C2CCCCC2)cc1. The van der Waals surface area contributed by atoms with Crippen LogP contribution in [-0.4, -0.2) is 22.1 Å². The van der Waals surface area contributed by atoms with E-state index in [9.17, 15) is 0 Å². The molecule has 2 aromatic heterocycles. The Hall–Kier alpha value is -2.59. The quantitative estimate of drug-likeness (QED) is 0.371. The number of nitrogens with zero attached hydrogens (tertiary/aromatic N) is 2. The first-order valence-electron chi connectivity index (χ1n) is 11.2. The van der Waals surface area contributed by atoms with Crippen LogP contribution in [0.3, 0.4) is 0 Å². The molecule has 29 heavy (non-hydrogen) atoms. The third-order valence-electron chi connectivity index (χ3n) is 6.52. The fraction of sp³-hybridized carbons (Fsp3) is 0.400. The van der Waals surface area contributed by atoms with Crippen LogP contribution in [0.4, 0.5) is 0 Å². The maximum absolute atomic E-state index is 3.65. The lowest BCUT2D eigenvalue weighted by Crippen LogP contribution is -2.90. The van der Waals surface area contributed by atoms with Gasteiger partial charge in [0.15, 0.2) is 0 Å². The van der Waals surface area contributed by atoms with Crippen molar-refractivity contribution in [2.24, 2.45) is 0 Å². The Labute approximate surface area is 172 Å². The number of nitrogens with two attached hydrogens (primary N) is 1. The van der Waals surface area contributed by atoms with Gasteiger partial charge in [-0.3, -0.25) is 0 Å². The second-order valence-electron chi connectivity index (χ2n) is 8.64. The van der Waals surface area contributed by atoms with Crippen LogP contribution < -0.4 is 9.72 Å². The van der Waals surface area contributed by atoms with Crippen LogP contribution in [-0.2, 0) is 6.54 Å². The van der Waals surface area contributed by atoms with Gasteiger partial charge in [0.1, 0.15) is 22.9 Å². The number of H-pyrrole nitrogens is 1. The second kappa shape index (κ2) is 8.03. The van der Waals surface area contributed by atoms with Crippen molar-refractivity contribution in [1.29, 1.82) is 0 Å². The van der Waals surface area contributed by atoms with E-state index in [4.69, 9.17) is 0 Å². The van der Waals surface area contributed by atoms with E-state index >= 15 is 0 Å². The molecule has 4 nitrogen and oxygen atoms in total. The van der Waals surface area contributed by atoms with Crippen molar-refractivity contribution < 1.29 is 9.72 Å². The molecule has 0 amide bonds. The fourth-order valence-corrected chi connectivity index (χ4v) is 4.87. The van der Waals surface area contributed by atoms with Crippen molar-refractivity contribution in [3.8, 4) is 11.3 Å². The Morgan fingerprint density at radius 2 is 1.83 bits per heavy atom. The minimum Gasteiger partial charge on any atom is -0.344 e. The molecule has 0 aliphatic heterocycles. The van der Waals surface area contributed by atoms with Crippen LogP contribution in [0.25, 0.3) is 28.1 Å². The molecule has 0 spiro atoms. The van der Waals surface area contributed by atoms with E-state index in [0.717, 1.165) is 12.6 Å². The largest absolute Gasteiger partial charge is 0.368 e. The van der Waals surface area contributed by atoms with Gasteiger partial charge in [-0.15, -0.1) is 0 Å². The molecule has 1 fully saturated rings. The van der Waals surface area contributed by atoms with Gasteiger partial charge in [0, 0.05) is 12.0 Å². The summed E-state index contributed by atoms with van der Waals surface area (Å²) in [5.74, 6) is 1.18. The van der Waals surface area contributed by atoms with Crippen molar-refractivity contribution in [2.45, 2.75) is 58.0 Å². The lowest BCUT2D eigenvalue weighted by atomic mass is 9.95. The van der Waals surface area contributed by atoms with Crippen molar-refractivity contribution >= 4 is 16.8 Å². The number of hydrogen-bond donors (Lipinski definition) is 2. The number of quaternary nitrogens is 1. The Kier molecular flexibility index (Phi) is 5.11. The van der Waals surface area contributed by atoms with Crippen molar-refractivity contribution in [2.75, 3.05) is 6.54 Å². The molecule has 0 unspecified atom stereocenters. The smallest absolute Gasteiger partial charge is 0.344 e. The molecule has 0 bridgehead atoms. The van der Waals surface area contributed by atoms with Gasteiger partial charge in [0.25, 0.3) is 0 Å². The summed E-state index contributed by atoms with van der Waals surface area (Å²) in [5, 5.41) is 2.60. The van der Waals surface area contributed by atoms with E-state index in [2.05, 4.69) is 80.9 Å². The zero-order chi connectivity index (χ0) is 19.6. The molecule has 0 saturated heterocycles. The first-order chi connectivity index (χ1) is 14.3. The van der Waals surface area contributed by atoms with Gasteiger partial charge in [-0.05, 0) is 44.7 Å². The van der Waals surface area contributed by atoms with Crippen molar-refractivity contribution in [3.05, 3.63) is 60.3 Å². The number of nitrogens with one attached hydrogen (secondary N) is 1. The summed E-state index contributed by atoms with van der Waals surface area (Å²) in [5.41, 5.74) is 6.31. The van der Waals surface area contributed by atoms with E-state index in [1.54, 1.807) is 0 Å². The van der Waals surface area contributed by atoms with E-state index in [1.165, 1.54) is 78.7 Å². The normalized spacial score (nSPS) is 15.5. The number of benzene rings is 2. The molecule has 4 aromatic rings. The summed E-state index contributed by atoms with van der Waals surface area (Å²) < 4.78 is 4.79. The maximum Gasteiger partial charge on any atom is 0.368 e. The summed E-state index contributed by atoms with van der Waals surface area (Å²) in [6.07, 6.45) is 10.6. The summed E-state index contributed by atoms with van der Waals surface area (Å²) >= 11 is 0. The Morgan fingerprint density at radius 1 is 1.03 bits per heavy atom. The number of aryl methyl sites for hydroxylation is 2. The number of rotatable bonds is 6. The molecule has 4 heteroatoms. The highest BCUT2D eigenvalue weighted by atomic mass is 15.2. The average Bonchev–Trinajstić information content (AvgIpc) is 3.29. The molecule has 1 aliphatic carbocycles. The molecule has 2 heterocycles. The number of imidazole rings is 2. The van der Waals surface area contributed by atoms with Gasteiger partial charge in [0.2, 0.25) is 0 Å². The second-order valence-corrected chi connectivity index (χ2v) is 8.64. The van der Waals surface area contributed by atoms with Crippen LogP contribution in [0.5, 0.6) is 0 Å². The summed E-state index contributed by atoms with van der Waals surface area (Å²) in [6, 6.07) is 18.3. The predicted molar refractivity (Wildman–Crippen MR) is 118 cm³/mol. The first-order valence-corrected chi connectivity index (χ1v) is 11.2. The molecule has 3 N–H and O–H groups in total. The monoisotopic (exact) mass is 388 g/mol. The molecule has 5 rings (SSSR count). The number of para-hydroxylation sites is 2. The summed E-state index contributed by atoms with van der Waals surface area (Å²) in [7, 11) is 0. The van der Waals surface area contributed by atoms with Crippen molar-refractivity contribution in [1.82, 2.24) is 9.55 Å². The van der Waals surface area contributed by atoms with Crippen LogP contribution >= 0.6 is 0 Å². The maximum atomic E-state index is 3.65. The minimum atomic E-state index is 0.854. The topological polar surface area (TPSA) is 41.4 Å². The average molecular weight is 389 g/mol. The highest BCUT2D eigenvalue weighted by Crippen LogP contribution is 2.23. The van der Waals surface area contributed by atoms with Gasteiger partial charge in [0.05, 0.1) is 19.1 Å². The Morgan fingerprint density at radius 3 is 2.66 bits per heavy atom. The summed E-state index contributed by atoms with van der Waals surface area (Å²) in [4.78, 5) is 3.65. The van der Waals surface area contributed by atoms with Gasteiger partial charge in [-0.25, -0.2) is 9.55 Å². The minimum absolute atomic E-state index is 0.854. The van der Waals surface area contributed by atoms with Crippen molar-refractivity contribution in [3.63, 3.8) is 0 Å². The fourth-order valence-electron chi connectivity index (χ4n) is 4.87. The predicted octanol–water partition coefficient (Wildman–Crippen LogP) is 3.97. The zero-order valence-corrected chi connectivity index (χ0v) is 17.4. The van der Waals surface area contributed by atoms with Gasteiger partial charge < -0.3 is 5.32 Å². The molecule has 2 aromatic carbocycles. The van der Waals surface area contributed by atoms with Gasteiger partial charge in [-0.1, -0.05) is 48.4 Å². The lowest BCUT2D eigenvalue weighted by Gasteiger charge is -2.19. The highest BCUT2D eigenvalue weighted by molar-refractivity contribution is 5.74. The third-order valence-corrected chi connectivity index (χ3v) is 6.52. The number of hydrogen-bond acceptors (Lipinski definition) is 0. The van der Waals surface area contributed by atoms with E-state index in [1.807, 2.05) is 0 Å². The number of fused-ring (bicyclic) bond motifs is 3. The molecule has 0 atom stereocenters. The van der Waals surface area contributed by atoms with Gasteiger partial charge >= 0.3 is 5.78 Å². The van der Waals surface area contributed by atoms with E-state index in [0.29, 0.717) is 0 Å². The highest BCUT2D eigenvalue weighted by Gasteiger charge is 2.22. The molecule has 1 aliphatic rings. The first kappa shape index (κ1) is 18.4. The zero-order valence-electron chi connectivity index (χ0n) is 17.4. The molecule has 150 valence electrons. The van der Waals surface area contributed by atoms with Crippen LogP contribution in [0, 0.1) is 6.92 Å². The van der Waals surface area contributed by atoms with E-state index < -0.39 is 0 Å². The van der Waals surface area contributed by atoms with Crippen LogP contribution in [0.2, 0.25) is 0 Å². The third kappa shape index (κ3) is 3.69. The Bertz CT molecular complexity index is 1100. The standard InChI is InChI=1S/C25H30N4/c1-19-12-14-20(15-13-19)24-18-29-23-11-6-5-10-22(23)27-25(29)28(24)17-7-16-26-21-8-3-2-4-9-21/h5-6,10-15,18,21,26H,2-4,7-9,16-17H2,1H3/p+2. The Balaban J connectivity index is 1.44.